The lowest BCUT2D eigenvalue weighted by Gasteiger charge is -2.32. The molecule has 0 saturated heterocycles. The summed E-state index contributed by atoms with van der Waals surface area (Å²) >= 11 is 0. The summed E-state index contributed by atoms with van der Waals surface area (Å²) in [5.74, 6) is -2.55. The molecule has 0 aliphatic heterocycles. The highest BCUT2D eigenvalue weighted by atomic mass is 16.5. The second-order valence-corrected chi connectivity index (χ2v) is 10.0. The van der Waals surface area contributed by atoms with Crippen molar-refractivity contribution in [2.45, 2.75) is 96.4 Å². The Labute approximate surface area is 212 Å². The van der Waals surface area contributed by atoms with Crippen LogP contribution in [-0.2, 0) is 23.9 Å². The summed E-state index contributed by atoms with van der Waals surface area (Å²) in [5, 5.41) is 15.0. The number of carbonyl (C=O) groups excluding carboxylic acids is 4. The third-order valence-electron chi connectivity index (χ3n) is 5.76. The van der Waals surface area contributed by atoms with E-state index in [4.69, 9.17) is 10.5 Å². The van der Waals surface area contributed by atoms with Crippen molar-refractivity contribution < 1.29 is 33.8 Å². The molecule has 0 aromatic heterocycles. The monoisotopic (exact) mass is 511 g/mol. The number of nitrogens with one attached hydrogen (secondary N) is 3. The molecule has 1 saturated carbocycles. The number of nitrogens with zero attached hydrogens (tertiary/aromatic N) is 1. The molecule has 1 fully saturated rings. The average Bonchev–Trinajstić information content (AvgIpc) is 2.78. The maximum atomic E-state index is 13.2. The minimum atomic E-state index is -1.41. The fourth-order valence-corrected chi connectivity index (χ4v) is 4.17. The van der Waals surface area contributed by atoms with Crippen molar-refractivity contribution in [2.24, 2.45) is 11.7 Å². The van der Waals surface area contributed by atoms with Gasteiger partial charge in [0.05, 0.1) is 18.2 Å². The lowest BCUT2D eigenvalue weighted by molar-refractivity contribution is -0.141. The second-order valence-electron chi connectivity index (χ2n) is 10.0. The number of hydrogen-bond donors (Lipinski definition) is 5. The Morgan fingerprint density at radius 3 is 2.22 bits per heavy atom. The third-order valence-corrected chi connectivity index (χ3v) is 5.76. The number of hydrogen-bond acceptors (Lipinski definition) is 6. The smallest absolute Gasteiger partial charge is 0.405 e. The van der Waals surface area contributed by atoms with E-state index in [1.54, 1.807) is 27.7 Å². The number of rotatable bonds is 12. The van der Waals surface area contributed by atoms with Crippen LogP contribution in [0.4, 0.5) is 4.79 Å². The first-order valence-electron chi connectivity index (χ1n) is 12.2. The van der Waals surface area contributed by atoms with Gasteiger partial charge in [0, 0.05) is 6.42 Å². The molecule has 3 unspecified atom stereocenters. The molecule has 36 heavy (non-hydrogen) atoms. The third kappa shape index (κ3) is 11.5. The first-order valence-corrected chi connectivity index (χ1v) is 12.2. The first kappa shape index (κ1) is 30.9. The van der Waals surface area contributed by atoms with Crippen LogP contribution in [0.15, 0.2) is 12.7 Å². The summed E-state index contributed by atoms with van der Waals surface area (Å²) < 4.78 is 5.78. The zero-order valence-corrected chi connectivity index (χ0v) is 21.7. The average molecular weight is 512 g/mol. The molecule has 204 valence electrons. The van der Waals surface area contributed by atoms with Gasteiger partial charge in [0.2, 0.25) is 11.8 Å². The largest absolute Gasteiger partial charge is 0.465 e. The summed E-state index contributed by atoms with van der Waals surface area (Å²) in [5.41, 5.74) is 6.97. The molecule has 12 heteroatoms. The number of hydrazine groups is 1. The molecular formula is C24H41N5O7. The predicted octanol–water partition coefficient (Wildman–Crippen LogP) is 1.20. The molecule has 1 rings (SSSR count). The van der Waals surface area contributed by atoms with E-state index in [0.717, 1.165) is 43.2 Å². The molecule has 0 aromatic carbocycles. The molecule has 0 spiro atoms. The molecule has 5 amide bonds. The number of amides is 5. The van der Waals surface area contributed by atoms with Crippen molar-refractivity contribution in [2.75, 3.05) is 6.54 Å². The predicted molar refractivity (Wildman–Crippen MR) is 132 cm³/mol. The summed E-state index contributed by atoms with van der Waals surface area (Å²) in [4.78, 5) is 61.2. The summed E-state index contributed by atoms with van der Waals surface area (Å²) in [6.07, 6.45) is 3.72. The number of ether oxygens (including phenoxy) is 1. The van der Waals surface area contributed by atoms with Crippen molar-refractivity contribution in [1.82, 2.24) is 21.1 Å². The van der Waals surface area contributed by atoms with Crippen LogP contribution in [0, 0.1) is 5.92 Å². The van der Waals surface area contributed by atoms with Crippen LogP contribution in [0.2, 0.25) is 0 Å². The Kier molecular flexibility index (Phi) is 12.4. The molecule has 3 atom stereocenters. The molecule has 1 aliphatic rings. The van der Waals surface area contributed by atoms with Crippen LogP contribution >= 0.6 is 0 Å². The summed E-state index contributed by atoms with van der Waals surface area (Å²) in [6, 6.07) is -2.35. The highest BCUT2D eigenvalue weighted by Crippen LogP contribution is 2.27. The number of carboxylic acid groups (broad SMARTS) is 1. The van der Waals surface area contributed by atoms with E-state index in [0.29, 0.717) is 6.42 Å². The topological polar surface area (TPSA) is 180 Å². The number of carbonyl (C=O) groups is 5. The van der Waals surface area contributed by atoms with Crippen LogP contribution in [0.25, 0.3) is 0 Å². The van der Waals surface area contributed by atoms with Gasteiger partial charge in [0.15, 0.2) is 0 Å². The fourth-order valence-electron chi connectivity index (χ4n) is 4.17. The molecular weight excluding hydrogens is 470 g/mol. The number of nitrogens with two attached hydrogens (primary N) is 1. The Hall–Kier alpha value is -3.15. The van der Waals surface area contributed by atoms with Crippen LogP contribution in [0.5, 0.6) is 0 Å². The van der Waals surface area contributed by atoms with E-state index in [1.165, 1.54) is 0 Å². The zero-order valence-electron chi connectivity index (χ0n) is 21.7. The Balaban J connectivity index is 3.12. The van der Waals surface area contributed by atoms with Gasteiger partial charge in [-0.1, -0.05) is 38.7 Å². The normalized spacial score (nSPS) is 16.7. The quantitative estimate of drug-likeness (QED) is 0.193. The van der Waals surface area contributed by atoms with Crippen LogP contribution in [-0.4, -0.2) is 70.2 Å². The van der Waals surface area contributed by atoms with Gasteiger partial charge in [-0.2, -0.15) is 0 Å². The van der Waals surface area contributed by atoms with Gasteiger partial charge in [-0.15, -0.1) is 0 Å². The van der Waals surface area contributed by atoms with Gasteiger partial charge in [-0.05, 0) is 46.1 Å². The van der Waals surface area contributed by atoms with E-state index in [9.17, 15) is 29.1 Å². The van der Waals surface area contributed by atoms with Gasteiger partial charge in [-0.25, -0.2) is 9.80 Å². The van der Waals surface area contributed by atoms with Crippen molar-refractivity contribution in [3.05, 3.63) is 12.7 Å². The van der Waals surface area contributed by atoms with E-state index >= 15 is 0 Å². The van der Waals surface area contributed by atoms with E-state index in [2.05, 4.69) is 22.6 Å². The highest BCUT2D eigenvalue weighted by Gasteiger charge is 2.34. The minimum Gasteiger partial charge on any atom is -0.465 e. The molecule has 0 heterocycles. The SMILES string of the molecule is C=CC(=O)N(CCC(N)=O)NC(=O)C(CC1CCCCC1)NC(=O)C(NC(=O)O)C(C)OC(C)(C)C. The molecule has 1 aliphatic carbocycles. The van der Waals surface area contributed by atoms with E-state index in [-0.39, 0.29) is 18.9 Å². The van der Waals surface area contributed by atoms with E-state index in [1.807, 2.05) is 0 Å². The minimum absolute atomic E-state index is 0.165. The lowest BCUT2D eigenvalue weighted by Crippen LogP contribution is -2.60. The van der Waals surface area contributed by atoms with Crippen LogP contribution in [0.1, 0.15) is 72.6 Å². The second kappa shape index (κ2) is 14.4. The van der Waals surface area contributed by atoms with Crippen molar-refractivity contribution in [3.8, 4) is 0 Å². The Morgan fingerprint density at radius 1 is 1.11 bits per heavy atom. The standard InChI is InChI=1S/C24H41N5O7/c1-6-19(31)29(13-12-18(25)30)28-21(32)17(14-16-10-8-7-9-11-16)26-22(33)20(27-23(34)35)15(2)36-24(3,4)5/h6,15-17,20,27H,1,7-14H2,2-5H3,(H2,25,30)(H,26,33)(H,28,32)(H,34,35). The highest BCUT2D eigenvalue weighted by molar-refractivity contribution is 5.93. The van der Waals surface area contributed by atoms with Gasteiger partial charge < -0.3 is 26.2 Å². The fraction of sp³-hybridized carbons (Fsp3) is 0.708. The van der Waals surface area contributed by atoms with Crippen molar-refractivity contribution >= 4 is 29.7 Å². The maximum absolute atomic E-state index is 13.2. The summed E-state index contributed by atoms with van der Waals surface area (Å²) in [6.45, 7) is 10.1. The summed E-state index contributed by atoms with van der Waals surface area (Å²) in [7, 11) is 0. The van der Waals surface area contributed by atoms with Gasteiger partial charge >= 0.3 is 6.09 Å². The molecule has 0 aromatic rings. The van der Waals surface area contributed by atoms with E-state index < -0.39 is 53.5 Å². The Morgan fingerprint density at radius 2 is 1.72 bits per heavy atom. The first-order chi connectivity index (χ1) is 16.7. The van der Waals surface area contributed by atoms with Crippen molar-refractivity contribution in [1.29, 1.82) is 0 Å². The van der Waals surface area contributed by atoms with Gasteiger partial charge in [0.25, 0.3) is 11.8 Å². The van der Waals surface area contributed by atoms with Crippen molar-refractivity contribution in [3.63, 3.8) is 0 Å². The number of primary amides is 1. The molecule has 0 radical (unpaired) electrons. The van der Waals surface area contributed by atoms with Gasteiger partial charge in [0.1, 0.15) is 12.1 Å². The van der Waals surface area contributed by atoms with Gasteiger partial charge in [-0.3, -0.25) is 24.6 Å². The van der Waals surface area contributed by atoms with Crippen LogP contribution < -0.4 is 21.8 Å². The lowest BCUT2D eigenvalue weighted by atomic mass is 9.84. The maximum Gasteiger partial charge on any atom is 0.405 e. The molecule has 6 N–H and O–H groups in total. The van der Waals surface area contributed by atoms with Crippen LogP contribution in [0.3, 0.4) is 0 Å². The molecule has 0 bridgehead atoms. The Bertz CT molecular complexity index is 805. The zero-order chi connectivity index (χ0) is 27.5. The molecule has 12 nitrogen and oxygen atoms in total.